The van der Waals surface area contributed by atoms with Crippen LogP contribution in [0.4, 0.5) is 10.1 Å². The third-order valence-corrected chi connectivity index (χ3v) is 4.31. The molecule has 0 atom stereocenters. The molecule has 0 radical (unpaired) electrons. The van der Waals surface area contributed by atoms with Crippen LogP contribution in [-0.4, -0.2) is 20.7 Å². The number of aromatic nitrogens is 3. The molecule has 5 nitrogen and oxygen atoms in total. The van der Waals surface area contributed by atoms with Gasteiger partial charge in [-0.3, -0.25) is 4.79 Å². The smallest absolute Gasteiger partial charge is 0.295 e. The molecule has 0 saturated carbocycles. The van der Waals surface area contributed by atoms with Gasteiger partial charge in [0.25, 0.3) is 5.91 Å². The molecule has 4 rings (SSSR count). The molecule has 4 aromatic rings. The van der Waals surface area contributed by atoms with Gasteiger partial charge in [0, 0.05) is 11.3 Å². The first-order chi connectivity index (χ1) is 13.6. The number of carbonyl (C=O) groups is 1. The second-order valence-electron chi connectivity index (χ2n) is 5.96. The summed E-state index contributed by atoms with van der Waals surface area (Å²) in [4.78, 5) is 17.1. The highest BCUT2D eigenvalue weighted by atomic mass is 35.5. The fourth-order valence-electron chi connectivity index (χ4n) is 2.69. The van der Waals surface area contributed by atoms with E-state index in [0.717, 1.165) is 11.3 Å². The Balaban J connectivity index is 1.72. The van der Waals surface area contributed by atoms with Gasteiger partial charge in [-0.1, -0.05) is 60.1 Å². The minimum atomic E-state index is -0.558. The zero-order valence-corrected chi connectivity index (χ0v) is 15.3. The summed E-state index contributed by atoms with van der Waals surface area (Å²) in [6.45, 7) is 0. The second-order valence-corrected chi connectivity index (χ2v) is 6.36. The van der Waals surface area contributed by atoms with Crippen LogP contribution in [-0.2, 0) is 0 Å². The van der Waals surface area contributed by atoms with Gasteiger partial charge >= 0.3 is 0 Å². The molecule has 0 fully saturated rings. The van der Waals surface area contributed by atoms with Crippen molar-refractivity contribution in [3.05, 3.63) is 95.5 Å². The van der Waals surface area contributed by atoms with Crippen LogP contribution in [0, 0.1) is 5.82 Å². The Morgan fingerprint density at radius 2 is 1.64 bits per heavy atom. The van der Waals surface area contributed by atoms with E-state index in [1.807, 2.05) is 60.7 Å². The number of hydrogen-bond acceptors (Lipinski definition) is 3. The predicted octanol–water partition coefficient (Wildman–Crippen LogP) is 4.98. The standard InChI is InChI=1S/C21H14ClFN4O/c22-17-13-15(11-12-18(17)23)24-21(28)19-25-20(14-7-3-1-4-8-14)27(26-19)16-9-5-2-6-10-16/h1-13H,(H,24,28). The van der Waals surface area contributed by atoms with E-state index in [1.165, 1.54) is 18.2 Å². The zero-order chi connectivity index (χ0) is 19.5. The Hall–Kier alpha value is -3.51. The van der Waals surface area contributed by atoms with E-state index in [4.69, 9.17) is 11.6 Å². The molecule has 7 heteroatoms. The zero-order valence-electron chi connectivity index (χ0n) is 14.5. The molecule has 1 amide bonds. The third-order valence-electron chi connectivity index (χ3n) is 4.02. The Kier molecular flexibility index (Phi) is 4.87. The number of halogens is 2. The van der Waals surface area contributed by atoms with Gasteiger partial charge in [0.05, 0.1) is 10.7 Å². The van der Waals surface area contributed by atoms with Crippen molar-refractivity contribution in [1.29, 1.82) is 0 Å². The molecule has 0 aliphatic heterocycles. The van der Waals surface area contributed by atoms with Gasteiger partial charge < -0.3 is 5.32 Å². The van der Waals surface area contributed by atoms with Gasteiger partial charge in [-0.15, -0.1) is 5.10 Å². The summed E-state index contributed by atoms with van der Waals surface area (Å²) in [5.41, 5.74) is 1.95. The molecule has 1 N–H and O–H groups in total. The SMILES string of the molecule is O=C(Nc1ccc(F)c(Cl)c1)c1nc(-c2ccccc2)n(-c2ccccc2)n1. The van der Waals surface area contributed by atoms with Crippen LogP contribution in [0.1, 0.15) is 10.6 Å². The van der Waals surface area contributed by atoms with Crippen molar-refractivity contribution >= 4 is 23.2 Å². The van der Waals surface area contributed by atoms with E-state index in [1.54, 1.807) is 4.68 Å². The van der Waals surface area contributed by atoms with Gasteiger partial charge in [-0.25, -0.2) is 14.1 Å². The van der Waals surface area contributed by atoms with Crippen molar-refractivity contribution in [2.24, 2.45) is 0 Å². The van der Waals surface area contributed by atoms with E-state index in [0.29, 0.717) is 11.5 Å². The van der Waals surface area contributed by atoms with E-state index in [9.17, 15) is 9.18 Å². The first-order valence-electron chi connectivity index (χ1n) is 8.46. The maximum absolute atomic E-state index is 13.3. The molecule has 0 saturated heterocycles. The summed E-state index contributed by atoms with van der Waals surface area (Å²) < 4.78 is 14.9. The van der Waals surface area contributed by atoms with Crippen molar-refractivity contribution in [2.45, 2.75) is 0 Å². The lowest BCUT2D eigenvalue weighted by Crippen LogP contribution is -2.14. The summed E-state index contributed by atoms with van der Waals surface area (Å²) in [7, 11) is 0. The van der Waals surface area contributed by atoms with Gasteiger partial charge in [0.15, 0.2) is 5.82 Å². The molecule has 28 heavy (non-hydrogen) atoms. The minimum absolute atomic E-state index is 0.0110. The van der Waals surface area contributed by atoms with Gasteiger partial charge in [0.1, 0.15) is 5.82 Å². The summed E-state index contributed by atoms with van der Waals surface area (Å²) in [6, 6.07) is 22.8. The Morgan fingerprint density at radius 3 is 2.32 bits per heavy atom. The van der Waals surface area contributed by atoms with Crippen LogP contribution in [0.2, 0.25) is 5.02 Å². The number of rotatable bonds is 4. The summed E-state index contributed by atoms with van der Waals surface area (Å²) >= 11 is 5.77. The highest BCUT2D eigenvalue weighted by molar-refractivity contribution is 6.31. The van der Waals surface area contributed by atoms with Crippen LogP contribution < -0.4 is 5.32 Å². The third kappa shape index (κ3) is 3.63. The second kappa shape index (κ2) is 7.62. The van der Waals surface area contributed by atoms with Crippen molar-refractivity contribution in [3.63, 3.8) is 0 Å². The molecule has 1 heterocycles. The maximum atomic E-state index is 13.3. The van der Waals surface area contributed by atoms with Crippen molar-refractivity contribution in [3.8, 4) is 17.1 Å². The molecular formula is C21H14ClFN4O. The van der Waals surface area contributed by atoms with Crippen LogP contribution in [0.5, 0.6) is 0 Å². The minimum Gasteiger partial charge on any atom is -0.319 e. The number of hydrogen-bond donors (Lipinski definition) is 1. The topological polar surface area (TPSA) is 59.8 Å². The predicted molar refractivity (Wildman–Crippen MR) is 106 cm³/mol. The lowest BCUT2D eigenvalue weighted by molar-refractivity contribution is 0.101. The number of nitrogens with zero attached hydrogens (tertiary/aromatic N) is 3. The molecule has 0 aliphatic carbocycles. The summed E-state index contributed by atoms with van der Waals surface area (Å²) in [5, 5.41) is 6.94. The van der Waals surface area contributed by atoms with E-state index < -0.39 is 11.7 Å². The highest BCUT2D eigenvalue weighted by Gasteiger charge is 2.19. The summed E-state index contributed by atoms with van der Waals surface area (Å²) in [6.07, 6.45) is 0. The molecule has 138 valence electrons. The molecule has 3 aromatic carbocycles. The average molecular weight is 393 g/mol. The fraction of sp³-hybridized carbons (Fsp3) is 0. The van der Waals surface area contributed by atoms with Crippen molar-refractivity contribution in [1.82, 2.24) is 14.8 Å². The number of anilines is 1. The number of benzene rings is 3. The van der Waals surface area contributed by atoms with Crippen molar-refractivity contribution < 1.29 is 9.18 Å². The molecule has 1 aromatic heterocycles. The highest BCUT2D eigenvalue weighted by Crippen LogP contribution is 2.22. The average Bonchev–Trinajstić information content (AvgIpc) is 3.18. The normalized spacial score (nSPS) is 10.6. The molecule has 0 aliphatic rings. The largest absolute Gasteiger partial charge is 0.319 e. The van der Waals surface area contributed by atoms with Crippen molar-refractivity contribution in [2.75, 3.05) is 5.32 Å². The Bertz CT molecular complexity index is 1070. The molecule has 0 spiro atoms. The quantitative estimate of drug-likeness (QED) is 0.533. The van der Waals surface area contributed by atoms with Gasteiger partial charge in [-0.2, -0.15) is 0 Å². The Morgan fingerprint density at radius 1 is 0.964 bits per heavy atom. The van der Waals surface area contributed by atoms with E-state index in [-0.39, 0.29) is 10.8 Å². The van der Waals surface area contributed by atoms with Crippen LogP contribution in [0.15, 0.2) is 78.9 Å². The van der Waals surface area contributed by atoms with Gasteiger partial charge in [-0.05, 0) is 30.3 Å². The number of carbonyl (C=O) groups excluding carboxylic acids is 1. The number of amides is 1. The molecule has 0 unspecified atom stereocenters. The lowest BCUT2D eigenvalue weighted by Gasteiger charge is -2.05. The summed E-state index contributed by atoms with van der Waals surface area (Å²) in [5.74, 6) is -0.552. The first-order valence-corrected chi connectivity index (χ1v) is 8.84. The number of nitrogens with one attached hydrogen (secondary N) is 1. The van der Waals surface area contributed by atoms with Crippen LogP contribution >= 0.6 is 11.6 Å². The monoisotopic (exact) mass is 392 g/mol. The lowest BCUT2D eigenvalue weighted by atomic mass is 10.2. The van der Waals surface area contributed by atoms with E-state index >= 15 is 0 Å². The first kappa shape index (κ1) is 17.9. The number of para-hydroxylation sites is 1. The van der Waals surface area contributed by atoms with Crippen LogP contribution in [0.3, 0.4) is 0 Å². The van der Waals surface area contributed by atoms with Crippen LogP contribution in [0.25, 0.3) is 17.1 Å². The van der Waals surface area contributed by atoms with E-state index in [2.05, 4.69) is 15.4 Å². The maximum Gasteiger partial charge on any atom is 0.295 e. The molecule has 0 bridgehead atoms. The fourth-order valence-corrected chi connectivity index (χ4v) is 2.87. The Labute approximate surface area is 165 Å². The van der Waals surface area contributed by atoms with Gasteiger partial charge in [0.2, 0.25) is 5.82 Å². The molecular weight excluding hydrogens is 379 g/mol.